The summed E-state index contributed by atoms with van der Waals surface area (Å²) >= 11 is 0. The molecule has 1 N–H and O–H groups in total. The third-order valence-electron chi connectivity index (χ3n) is 12.9. The zero-order valence-electron chi connectivity index (χ0n) is 49.5. The molecule has 2 aromatic heterocycles. The third kappa shape index (κ3) is 9.05. The first-order valence-corrected chi connectivity index (χ1v) is 23.3. The number of nitrogens with zero attached hydrogens (tertiary/aromatic N) is 3. The molecule has 0 saturated heterocycles. The van der Waals surface area contributed by atoms with Crippen molar-refractivity contribution in [2.24, 2.45) is 0 Å². The molecule has 2 heterocycles. The van der Waals surface area contributed by atoms with Crippen molar-refractivity contribution in [1.29, 1.82) is 0 Å². The number of imidazole rings is 1. The summed E-state index contributed by atoms with van der Waals surface area (Å²) in [5.41, 5.74) is 6.82. The summed E-state index contributed by atoms with van der Waals surface area (Å²) < 4.78 is 83.1. The van der Waals surface area contributed by atoms with Gasteiger partial charge in [0.2, 0.25) is 0 Å². The molecule has 9 aromatic rings. The van der Waals surface area contributed by atoms with Crippen LogP contribution in [0.1, 0.15) is 117 Å². The Hall–Kier alpha value is -7.04. The molecule has 0 atom stereocenters. The number of hydrogen-bond acceptors (Lipinski definition) is 3. The molecule has 0 fully saturated rings. The number of benzene rings is 7. The minimum absolute atomic E-state index is 0.0254. The van der Waals surface area contributed by atoms with Crippen LogP contribution in [0.2, 0.25) is 0 Å². The normalized spacial score (nSPS) is 15.0. The lowest BCUT2D eigenvalue weighted by Crippen LogP contribution is -2.18. The molecular formula is C64H65N3O. The standard InChI is InChI=1S/C64H65N3O/c1-61(2,3)49-35-47(34-48(36-49)55-38-46(32-33-65-55)44-28-26-43(27-29-44)41-20-15-13-16-21-41)51-24-19-25-57-58(51)66-60(52-39-50(62(4,5)6)40-54(59(52)68)64(10,11)12)67(57)56-31-30-45(37-53(56)63(7,8)9)42-22-17-14-18-23-42/h13-40,68H,1-12H3/i7D3,8D3,9D3. The Balaban J connectivity index is 1.37. The van der Waals surface area contributed by atoms with Crippen LogP contribution in [0.3, 0.4) is 0 Å². The minimum atomic E-state index is -3.61. The second-order valence-electron chi connectivity index (χ2n) is 21.1. The Morgan fingerprint density at radius 1 is 0.441 bits per heavy atom. The number of aromatic hydroxyl groups is 1. The van der Waals surface area contributed by atoms with Crippen LogP contribution in [0.4, 0.5) is 0 Å². The van der Waals surface area contributed by atoms with Crippen molar-refractivity contribution < 1.29 is 17.4 Å². The van der Waals surface area contributed by atoms with Gasteiger partial charge in [-0.25, -0.2) is 4.98 Å². The Morgan fingerprint density at radius 2 is 1.00 bits per heavy atom. The quantitative estimate of drug-likeness (QED) is 0.173. The van der Waals surface area contributed by atoms with E-state index in [2.05, 4.69) is 102 Å². The van der Waals surface area contributed by atoms with Crippen molar-refractivity contribution in [3.05, 3.63) is 192 Å². The zero-order valence-corrected chi connectivity index (χ0v) is 40.5. The van der Waals surface area contributed by atoms with Crippen molar-refractivity contribution in [3.63, 3.8) is 0 Å². The van der Waals surface area contributed by atoms with E-state index >= 15 is 0 Å². The van der Waals surface area contributed by atoms with Gasteiger partial charge in [0, 0.05) is 35.2 Å². The number of phenolic OH excluding ortho intramolecular Hbond substituents is 1. The van der Waals surface area contributed by atoms with Crippen LogP contribution in [-0.2, 0) is 21.7 Å². The first-order valence-electron chi connectivity index (χ1n) is 27.8. The van der Waals surface area contributed by atoms with Gasteiger partial charge in [-0.15, -0.1) is 0 Å². The lowest BCUT2D eigenvalue weighted by Gasteiger charge is -2.28. The molecule has 0 spiro atoms. The number of rotatable bonds is 7. The third-order valence-corrected chi connectivity index (χ3v) is 12.9. The highest BCUT2D eigenvalue weighted by Crippen LogP contribution is 2.46. The fraction of sp³-hybridized carbons (Fsp3) is 0.250. The van der Waals surface area contributed by atoms with E-state index in [1.807, 2.05) is 87.6 Å². The van der Waals surface area contributed by atoms with Crippen molar-refractivity contribution in [1.82, 2.24) is 14.5 Å². The summed E-state index contributed by atoms with van der Waals surface area (Å²) in [7, 11) is 0. The van der Waals surface area contributed by atoms with Crippen LogP contribution < -0.4 is 0 Å². The molecule has 342 valence electrons. The van der Waals surface area contributed by atoms with Gasteiger partial charge in [-0.1, -0.05) is 198 Å². The fourth-order valence-corrected chi connectivity index (χ4v) is 9.03. The SMILES string of the molecule is [2H]C([2H])([2H])C(c1cc(-c2ccccc2)ccc1-n1c(-c2cc(C(C)(C)C)cc(C(C)(C)C)c2O)nc2c(-c3cc(-c4cc(-c5ccc(-c6ccccc6)cc5)ccn4)cc(C(C)(C)C)c3)cccc21)(C([2H])([2H])[2H])C([2H])([2H])[2H]. The van der Waals surface area contributed by atoms with E-state index in [0.29, 0.717) is 38.9 Å². The predicted molar refractivity (Wildman–Crippen MR) is 288 cm³/mol. The highest BCUT2D eigenvalue weighted by atomic mass is 16.3. The maximum atomic E-state index is 12.7. The van der Waals surface area contributed by atoms with Crippen LogP contribution in [0.5, 0.6) is 5.75 Å². The van der Waals surface area contributed by atoms with E-state index in [-0.39, 0.29) is 22.7 Å². The lowest BCUT2D eigenvalue weighted by molar-refractivity contribution is 0.446. The van der Waals surface area contributed by atoms with Gasteiger partial charge >= 0.3 is 0 Å². The van der Waals surface area contributed by atoms with E-state index in [4.69, 9.17) is 22.3 Å². The molecule has 9 rings (SSSR count). The van der Waals surface area contributed by atoms with Crippen molar-refractivity contribution in [2.75, 3.05) is 0 Å². The van der Waals surface area contributed by atoms with Crippen LogP contribution in [0.15, 0.2) is 170 Å². The number of fused-ring (bicyclic) bond motifs is 1. The smallest absolute Gasteiger partial charge is 0.149 e. The Labute approximate surface area is 417 Å². The molecule has 0 unspecified atom stereocenters. The molecule has 0 saturated carbocycles. The summed E-state index contributed by atoms with van der Waals surface area (Å²) in [4.78, 5) is 10.4. The van der Waals surface area contributed by atoms with Gasteiger partial charge in [-0.05, 0) is 126 Å². The highest BCUT2D eigenvalue weighted by molar-refractivity contribution is 5.97. The largest absolute Gasteiger partial charge is 0.507 e. The topological polar surface area (TPSA) is 50.9 Å². The molecule has 4 heteroatoms. The summed E-state index contributed by atoms with van der Waals surface area (Å²) in [6.07, 6.45) is 1.82. The Morgan fingerprint density at radius 3 is 1.62 bits per heavy atom. The van der Waals surface area contributed by atoms with Gasteiger partial charge in [0.05, 0.1) is 28.0 Å². The van der Waals surface area contributed by atoms with Crippen LogP contribution in [0.25, 0.3) is 83.9 Å². The Kier molecular flexibility index (Phi) is 9.14. The van der Waals surface area contributed by atoms with Gasteiger partial charge < -0.3 is 5.11 Å². The molecule has 68 heavy (non-hydrogen) atoms. The fourth-order valence-electron chi connectivity index (χ4n) is 9.03. The predicted octanol–water partition coefficient (Wildman–Crippen LogP) is 17.3. The monoisotopic (exact) mass is 901 g/mol. The van der Waals surface area contributed by atoms with Gasteiger partial charge in [-0.3, -0.25) is 9.55 Å². The second kappa shape index (κ2) is 17.2. The van der Waals surface area contributed by atoms with E-state index in [9.17, 15) is 5.11 Å². The van der Waals surface area contributed by atoms with Gasteiger partial charge in [-0.2, -0.15) is 0 Å². The average molecular weight is 901 g/mol. The molecule has 0 radical (unpaired) electrons. The van der Waals surface area contributed by atoms with Crippen LogP contribution in [0, 0.1) is 0 Å². The molecule has 7 aromatic carbocycles. The minimum Gasteiger partial charge on any atom is -0.507 e. The molecule has 0 aliphatic rings. The van der Waals surface area contributed by atoms with Crippen molar-refractivity contribution in [2.45, 2.75) is 105 Å². The maximum absolute atomic E-state index is 12.7. The first kappa shape index (κ1) is 36.1. The van der Waals surface area contributed by atoms with E-state index in [1.54, 1.807) is 41.0 Å². The lowest BCUT2D eigenvalue weighted by atomic mass is 9.78. The van der Waals surface area contributed by atoms with Crippen molar-refractivity contribution >= 4 is 11.0 Å². The molecule has 4 nitrogen and oxygen atoms in total. The average Bonchev–Trinajstić information content (AvgIpc) is 3.96. The van der Waals surface area contributed by atoms with Gasteiger partial charge in [0.1, 0.15) is 11.6 Å². The summed E-state index contributed by atoms with van der Waals surface area (Å²) in [6, 6.07) is 52.4. The number of para-hydroxylation sites is 1. The summed E-state index contributed by atoms with van der Waals surface area (Å²) in [6.45, 7) is 7.83. The number of pyridine rings is 1. The molecule has 0 amide bonds. The molecule has 0 aliphatic carbocycles. The molecule has 0 bridgehead atoms. The maximum Gasteiger partial charge on any atom is 0.149 e. The highest BCUT2D eigenvalue weighted by Gasteiger charge is 2.31. The zero-order chi connectivity index (χ0) is 55.8. The second-order valence-corrected chi connectivity index (χ2v) is 21.1. The number of phenols is 1. The summed E-state index contributed by atoms with van der Waals surface area (Å²) in [5.74, 6) is 0.0862. The van der Waals surface area contributed by atoms with E-state index in [1.165, 1.54) is 6.07 Å². The summed E-state index contributed by atoms with van der Waals surface area (Å²) in [5, 5.41) is 12.7. The van der Waals surface area contributed by atoms with Gasteiger partial charge in [0.25, 0.3) is 0 Å². The molecule has 0 aliphatic heterocycles. The van der Waals surface area contributed by atoms with Gasteiger partial charge in [0.15, 0.2) is 0 Å². The van der Waals surface area contributed by atoms with E-state index < -0.39 is 42.4 Å². The van der Waals surface area contributed by atoms with Crippen molar-refractivity contribution in [3.8, 4) is 78.6 Å². The Bertz CT molecular complexity index is 3610. The van der Waals surface area contributed by atoms with Crippen LogP contribution >= 0.6 is 0 Å². The number of aromatic nitrogens is 3. The number of hydrogen-bond donors (Lipinski definition) is 1. The molecular weight excluding hydrogens is 827 g/mol. The van der Waals surface area contributed by atoms with Crippen LogP contribution in [-0.4, -0.2) is 19.6 Å². The van der Waals surface area contributed by atoms with E-state index in [0.717, 1.165) is 50.2 Å². The first-order chi connectivity index (χ1) is 35.9.